The molecule has 6 heteroatoms. The smallest absolute Gasteiger partial charge is 0.229 e. The number of anilines is 1. The van der Waals surface area contributed by atoms with Crippen LogP contribution in [-0.2, 0) is 22.6 Å². The third kappa shape index (κ3) is 4.88. The van der Waals surface area contributed by atoms with E-state index in [1.54, 1.807) is 18.2 Å². The van der Waals surface area contributed by atoms with Crippen molar-refractivity contribution in [2.75, 3.05) is 11.9 Å². The number of hydrogen-bond acceptors (Lipinski definition) is 3. The Morgan fingerprint density at radius 3 is 2.54 bits per heavy atom. The van der Waals surface area contributed by atoms with Crippen molar-refractivity contribution in [1.82, 2.24) is 5.32 Å². The van der Waals surface area contributed by atoms with E-state index in [1.165, 1.54) is 12.1 Å². The summed E-state index contributed by atoms with van der Waals surface area (Å²) in [5.41, 5.74) is 1.92. The molecule has 0 spiro atoms. The van der Waals surface area contributed by atoms with E-state index in [-0.39, 0.29) is 23.5 Å². The minimum atomic E-state index is -0.491. The van der Waals surface area contributed by atoms with Gasteiger partial charge in [-0.15, -0.1) is 0 Å². The van der Waals surface area contributed by atoms with Gasteiger partial charge >= 0.3 is 0 Å². The van der Waals surface area contributed by atoms with Crippen molar-refractivity contribution in [3.05, 3.63) is 59.4 Å². The molecule has 5 nitrogen and oxygen atoms in total. The zero-order chi connectivity index (χ0) is 20.3. The number of ether oxygens (including phenoxy) is 1. The predicted octanol–water partition coefficient (Wildman–Crippen LogP) is 3.68. The van der Waals surface area contributed by atoms with E-state index in [0.29, 0.717) is 25.3 Å². The first kappa shape index (κ1) is 19.9. The highest BCUT2D eigenvalue weighted by molar-refractivity contribution is 5.94. The number of rotatable bonds is 4. The molecule has 3 rings (SSSR count). The van der Waals surface area contributed by atoms with E-state index in [9.17, 15) is 14.0 Å². The lowest BCUT2D eigenvalue weighted by atomic mass is 9.94. The van der Waals surface area contributed by atoms with Crippen LogP contribution in [-0.4, -0.2) is 18.4 Å². The molecule has 0 aromatic heterocycles. The Morgan fingerprint density at radius 1 is 1.14 bits per heavy atom. The normalized spacial score (nSPS) is 15.9. The van der Waals surface area contributed by atoms with Crippen LogP contribution < -0.4 is 15.4 Å². The minimum absolute atomic E-state index is 0.0715. The van der Waals surface area contributed by atoms with Crippen molar-refractivity contribution in [1.29, 1.82) is 0 Å². The molecule has 1 heterocycles. The molecule has 148 valence electrons. The van der Waals surface area contributed by atoms with Gasteiger partial charge in [0.2, 0.25) is 11.8 Å². The summed E-state index contributed by atoms with van der Waals surface area (Å²) in [5, 5.41) is 5.78. The molecule has 2 N–H and O–H groups in total. The van der Waals surface area contributed by atoms with Gasteiger partial charge in [0.15, 0.2) is 0 Å². The molecular formula is C22H25FN2O3. The van der Waals surface area contributed by atoms with Gasteiger partial charge in [-0.3, -0.25) is 9.59 Å². The van der Waals surface area contributed by atoms with Gasteiger partial charge in [0, 0.05) is 17.6 Å². The van der Waals surface area contributed by atoms with E-state index in [4.69, 9.17) is 4.74 Å². The zero-order valence-electron chi connectivity index (χ0n) is 16.3. The summed E-state index contributed by atoms with van der Waals surface area (Å²) in [6, 6.07) is 11.5. The number of nitrogens with one attached hydrogen (secondary N) is 2. The molecule has 0 saturated heterocycles. The second kappa shape index (κ2) is 8.00. The topological polar surface area (TPSA) is 67.4 Å². The molecule has 1 atom stereocenters. The predicted molar refractivity (Wildman–Crippen MR) is 105 cm³/mol. The maximum absolute atomic E-state index is 13.0. The van der Waals surface area contributed by atoms with Gasteiger partial charge in [-0.2, -0.15) is 0 Å². The van der Waals surface area contributed by atoms with E-state index < -0.39 is 5.41 Å². The van der Waals surface area contributed by atoms with Crippen molar-refractivity contribution in [2.24, 2.45) is 11.3 Å². The Kier molecular flexibility index (Phi) is 5.68. The summed E-state index contributed by atoms with van der Waals surface area (Å²) in [7, 11) is 0. The van der Waals surface area contributed by atoms with Crippen molar-refractivity contribution in [2.45, 2.75) is 33.7 Å². The molecule has 1 unspecified atom stereocenters. The van der Waals surface area contributed by atoms with E-state index >= 15 is 0 Å². The molecular weight excluding hydrogens is 359 g/mol. The van der Waals surface area contributed by atoms with Crippen LogP contribution in [0.1, 0.15) is 31.9 Å². The number of hydrogen-bond donors (Lipinski definition) is 2. The molecule has 2 amide bonds. The summed E-state index contributed by atoms with van der Waals surface area (Å²) >= 11 is 0. The van der Waals surface area contributed by atoms with Crippen molar-refractivity contribution < 1.29 is 18.7 Å². The number of halogens is 1. The number of carbonyl (C=O) groups is 2. The van der Waals surface area contributed by atoms with Gasteiger partial charge in [0.05, 0.1) is 5.92 Å². The first-order valence-electron chi connectivity index (χ1n) is 9.32. The number of amides is 2. The molecule has 0 bridgehead atoms. The van der Waals surface area contributed by atoms with Crippen molar-refractivity contribution in [3.8, 4) is 5.75 Å². The summed E-state index contributed by atoms with van der Waals surface area (Å²) in [6.45, 7) is 6.20. The first-order chi connectivity index (χ1) is 13.2. The van der Waals surface area contributed by atoms with Crippen molar-refractivity contribution >= 4 is 17.5 Å². The van der Waals surface area contributed by atoms with Gasteiger partial charge < -0.3 is 15.4 Å². The lowest BCUT2D eigenvalue weighted by molar-refractivity contribution is -0.126. The molecule has 0 radical (unpaired) electrons. The molecule has 2 aromatic rings. The third-order valence-electron chi connectivity index (χ3n) is 4.66. The van der Waals surface area contributed by atoms with Crippen LogP contribution in [0.25, 0.3) is 0 Å². The molecule has 1 aliphatic rings. The maximum atomic E-state index is 13.0. The molecule has 0 saturated carbocycles. The van der Waals surface area contributed by atoms with Crippen LogP contribution in [0.15, 0.2) is 42.5 Å². The SMILES string of the molecule is CC(C)(C)C(=O)Nc1ccc2c(c1)CC(C(=O)NCc1ccc(F)cc1)CO2. The monoisotopic (exact) mass is 384 g/mol. The average molecular weight is 384 g/mol. The van der Waals surface area contributed by atoms with Crippen molar-refractivity contribution in [3.63, 3.8) is 0 Å². The Bertz CT molecular complexity index is 872. The van der Waals surface area contributed by atoms with Crippen LogP contribution in [0.3, 0.4) is 0 Å². The number of fused-ring (bicyclic) bond motifs is 1. The molecule has 0 fully saturated rings. The van der Waals surface area contributed by atoms with Gasteiger partial charge in [0.25, 0.3) is 0 Å². The highest BCUT2D eigenvalue weighted by Gasteiger charge is 2.27. The Hall–Kier alpha value is -2.89. The fourth-order valence-electron chi connectivity index (χ4n) is 2.90. The Morgan fingerprint density at radius 2 is 1.86 bits per heavy atom. The second-order valence-electron chi connectivity index (χ2n) is 8.08. The van der Waals surface area contributed by atoms with Gasteiger partial charge in [-0.25, -0.2) is 4.39 Å². The standard InChI is InChI=1S/C22H25FN2O3/c1-22(2,3)21(27)25-18-8-9-19-15(11-18)10-16(13-28-19)20(26)24-12-14-4-6-17(23)7-5-14/h4-9,11,16H,10,12-13H2,1-3H3,(H,24,26)(H,25,27). The Labute approximate surface area is 164 Å². The highest BCUT2D eigenvalue weighted by atomic mass is 19.1. The highest BCUT2D eigenvalue weighted by Crippen LogP contribution is 2.30. The van der Waals surface area contributed by atoms with Crippen LogP contribution >= 0.6 is 0 Å². The molecule has 2 aromatic carbocycles. The lowest BCUT2D eigenvalue weighted by Crippen LogP contribution is -2.37. The summed E-state index contributed by atoms with van der Waals surface area (Å²) in [5.74, 6) is -0.0727. The van der Waals surface area contributed by atoms with Crippen LogP contribution in [0, 0.1) is 17.2 Å². The van der Waals surface area contributed by atoms with Crippen LogP contribution in [0.5, 0.6) is 5.75 Å². The minimum Gasteiger partial charge on any atom is -0.492 e. The summed E-state index contributed by atoms with van der Waals surface area (Å²) in [4.78, 5) is 24.7. The number of benzene rings is 2. The van der Waals surface area contributed by atoms with Gasteiger partial charge in [-0.05, 0) is 47.9 Å². The molecule has 1 aliphatic heterocycles. The molecule has 28 heavy (non-hydrogen) atoms. The first-order valence-corrected chi connectivity index (χ1v) is 9.32. The average Bonchev–Trinajstić information content (AvgIpc) is 2.66. The number of carbonyl (C=O) groups excluding carboxylic acids is 2. The Balaban J connectivity index is 1.62. The fourth-order valence-corrected chi connectivity index (χ4v) is 2.90. The summed E-state index contributed by atoms with van der Waals surface area (Å²) in [6.07, 6.45) is 0.532. The quantitative estimate of drug-likeness (QED) is 0.845. The van der Waals surface area contributed by atoms with Crippen LogP contribution in [0.2, 0.25) is 0 Å². The second-order valence-corrected chi connectivity index (χ2v) is 8.08. The van der Waals surface area contributed by atoms with E-state index in [1.807, 2.05) is 32.9 Å². The zero-order valence-corrected chi connectivity index (χ0v) is 16.3. The summed E-state index contributed by atoms with van der Waals surface area (Å²) < 4.78 is 18.7. The largest absolute Gasteiger partial charge is 0.492 e. The van der Waals surface area contributed by atoms with E-state index in [0.717, 1.165) is 16.9 Å². The molecule has 0 aliphatic carbocycles. The van der Waals surface area contributed by atoms with Gasteiger partial charge in [-0.1, -0.05) is 32.9 Å². The third-order valence-corrected chi connectivity index (χ3v) is 4.66. The van der Waals surface area contributed by atoms with Gasteiger partial charge in [0.1, 0.15) is 18.2 Å². The lowest BCUT2D eigenvalue weighted by Gasteiger charge is -2.25. The van der Waals surface area contributed by atoms with Crippen LogP contribution in [0.4, 0.5) is 10.1 Å². The fraction of sp³-hybridized carbons (Fsp3) is 0.364. The van der Waals surface area contributed by atoms with E-state index in [2.05, 4.69) is 10.6 Å². The maximum Gasteiger partial charge on any atom is 0.229 e.